The van der Waals surface area contributed by atoms with E-state index in [1.165, 1.54) is 36.2 Å². The topological polar surface area (TPSA) is 67.9 Å². The number of ether oxygens (including phenoxy) is 1. The minimum absolute atomic E-state index is 0.0265. The highest BCUT2D eigenvalue weighted by molar-refractivity contribution is 6.08. The first-order valence-electron chi connectivity index (χ1n) is 8.72. The number of likely N-dealkylation sites (N-methyl/N-ethyl adjacent to an activating group) is 1. The Morgan fingerprint density at radius 2 is 1.89 bits per heavy atom. The number of amides is 1. The van der Waals surface area contributed by atoms with Gasteiger partial charge in [0.25, 0.3) is 5.91 Å². The Labute approximate surface area is 160 Å². The molecule has 2 N–H and O–H groups in total. The van der Waals surface area contributed by atoms with Crippen molar-refractivity contribution in [3.63, 3.8) is 0 Å². The number of benzene rings is 2. The van der Waals surface area contributed by atoms with E-state index in [4.69, 9.17) is 5.73 Å². The smallest absolute Gasteiger partial charge is 0.387 e. The average Bonchev–Trinajstić information content (AvgIpc) is 2.92. The van der Waals surface area contributed by atoms with Crippen molar-refractivity contribution in [3.8, 4) is 5.75 Å². The van der Waals surface area contributed by atoms with Gasteiger partial charge in [0.1, 0.15) is 5.75 Å². The van der Waals surface area contributed by atoms with Crippen LogP contribution in [0.2, 0.25) is 0 Å². The van der Waals surface area contributed by atoms with Crippen LogP contribution in [0.5, 0.6) is 5.75 Å². The van der Waals surface area contributed by atoms with E-state index in [-0.39, 0.29) is 17.6 Å². The van der Waals surface area contributed by atoms with E-state index in [1.54, 1.807) is 18.2 Å². The number of carbonyl (C=O) groups excluding carboxylic acids is 1. The summed E-state index contributed by atoms with van der Waals surface area (Å²) in [6, 6.07) is 12.9. The van der Waals surface area contributed by atoms with Crippen molar-refractivity contribution >= 4 is 11.9 Å². The Balaban J connectivity index is 2.09. The molecule has 2 aromatic carbocycles. The number of hydrogen-bond acceptors (Lipinski definition) is 4. The predicted octanol–water partition coefficient (Wildman–Crippen LogP) is 3.22. The van der Waals surface area contributed by atoms with Crippen molar-refractivity contribution in [2.24, 2.45) is 10.7 Å². The van der Waals surface area contributed by atoms with Crippen LogP contribution in [0.1, 0.15) is 23.1 Å². The summed E-state index contributed by atoms with van der Waals surface area (Å²) < 4.78 is 41.8. The number of hydrogen-bond donors (Lipinski definition) is 1. The van der Waals surface area contributed by atoms with Crippen LogP contribution in [0.4, 0.5) is 13.2 Å². The van der Waals surface area contributed by atoms with Crippen LogP contribution in [0.15, 0.2) is 53.5 Å². The second-order valence-electron chi connectivity index (χ2n) is 6.44. The predicted molar refractivity (Wildman–Crippen MR) is 99.0 cm³/mol. The number of alkyl halides is 3. The lowest BCUT2D eigenvalue weighted by atomic mass is 9.82. The van der Waals surface area contributed by atoms with Gasteiger partial charge in [0.2, 0.25) is 0 Å². The van der Waals surface area contributed by atoms with Crippen LogP contribution in [0.25, 0.3) is 0 Å². The number of aryl methyl sites for hydroxylation is 1. The quantitative estimate of drug-likeness (QED) is 0.788. The van der Waals surface area contributed by atoms with Gasteiger partial charge in [-0.3, -0.25) is 14.1 Å². The van der Waals surface area contributed by atoms with Gasteiger partial charge in [-0.15, -0.1) is 0 Å². The van der Waals surface area contributed by atoms with Crippen molar-refractivity contribution in [1.82, 2.24) is 4.90 Å². The minimum atomic E-state index is -2.94. The van der Waals surface area contributed by atoms with Crippen molar-refractivity contribution < 1.29 is 22.7 Å². The minimum Gasteiger partial charge on any atom is -0.435 e. The van der Waals surface area contributed by atoms with Crippen LogP contribution < -0.4 is 10.5 Å². The third kappa shape index (κ3) is 3.54. The highest BCUT2D eigenvalue weighted by atomic mass is 19.3. The number of nitrogens with two attached hydrogens (primary N) is 1. The largest absolute Gasteiger partial charge is 0.435 e. The SMILES string of the molecule is CN1C(=O)[C@@](c2ccc(OC(F)F)cc2)(c2cccc(CCCF)c2)N=C1N. The normalized spacial score (nSPS) is 19.2. The van der Waals surface area contributed by atoms with E-state index in [2.05, 4.69) is 9.73 Å². The van der Waals surface area contributed by atoms with Crippen molar-refractivity contribution in [2.45, 2.75) is 25.0 Å². The fourth-order valence-corrected chi connectivity index (χ4v) is 3.28. The van der Waals surface area contributed by atoms with Gasteiger partial charge >= 0.3 is 6.61 Å². The molecule has 2 aromatic rings. The number of carbonyl (C=O) groups is 1. The lowest BCUT2D eigenvalue weighted by Gasteiger charge is -2.26. The Morgan fingerprint density at radius 1 is 1.18 bits per heavy atom. The van der Waals surface area contributed by atoms with Crippen LogP contribution in [0.3, 0.4) is 0 Å². The van der Waals surface area contributed by atoms with E-state index in [1.807, 2.05) is 6.07 Å². The van der Waals surface area contributed by atoms with Crippen molar-refractivity contribution in [1.29, 1.82) is 0 Å². The molecule has 0 unspecified atom stereocenters. The van der Waals surface area contributed by atoms with Crippen molar-refractivity contribution in [2.75, 3.05) is 13.7 Å². The standard InChI is InChI=1S/C20H20F3N3O2/c1-26-17(27)20(25-19(26)24,14-7-9-16(10-8-14)28-18(22)23)15-6-2-4-13(12-15)5-3-11-21/h2,4,6-10,12,18H,3,5,11H2,1H3,(H2,24,25)/t20-/m1/s1. The highest BCUT2D eigenvalue weighted by Crippen LogP contribution is 2.40. The second-order valence-corrected chi connectivity index (χ2v) is 6.44. The maximum absolute atomic E-state index is 13.1. The molecule has 3 rings (SSSR count). The van der Waals surface area contributed by atoms with Gasteiger partial charge in [0.15, 0.2) is 11.5 Å². The van der Waals surface area contributed by atoms with Gasteiger partial charge in [0.05, 0.1) is 6.67 Å². The molecule has 0 fully saturated rings. The number of nitrogens with zero attached hydrogens (tertiary/aromatic N) is 2. The molecule has 0 saturated heterocycles. The lowest BCUT2D eigenvalue weighted by molar-refractivity contribution is -0.129. The first-order chi connectivity index (χ1) is 13.4. The Hall–Kier alpha value is -3.03. The Bertz CT molecular complexity index is 887. The zero-order chi connectivity index (χ0) is 20.3. The summed E-state index contributed by atoms with van der Waals surface area (Å²) in [5.74, 6) is -0.344. The van der Waals surface area contributed by atoms with Gasteiger partial charge in [-0.05, 0) is 41.7 Å². The van der Waals surface area contributed by atoms with Gasteiger partial charge in [-0.1, -0.05) is 36.4 Å². The molecule has 28 heavy (non-hydrogen) atoms. The molecule has 148 valence electrons. The molecule has 1 aliphatic rings. The molecule has 8 heteroatoms. The fraction of sp³-hybridized carbons (Fsp3) is 0.300. The molecular weight excluding hydrogens is 371 g/mol. The van der Waals surface area contributed by atoms with Gasteiger partial charge in [-0.25, -0.2) is 4.99 Å². The van der Waals surface area contributed by atoms with Crippen LogP contribution in [-0.4, -0.2) is 37.1 Å². The number of guanidine groups is 1. The molecule has 1 aliphatic heterocycles. The van der Waals surface area contributed by atoms with Gasteiger partial charge < -0.3 is 10.5 Å². The molecule has 1 amide bonds. The molecule has 0 saturated carbocycles. The number of aliphatic imine (C=N–C) groups is 1. The third-order valence-corrected chi connectivity index (χ3v) is 4.68. The summed E-state index contributed by atoms with van der Waals surface area (Å²) in [6.07, 6.45) is 0.889. The molecule has 1 atom stereocenters. The summed E-state index contributed by atoms with van der Waals surface area (Å²) >= 11 is 0. The third-order valence-electron chi connectivity index (χ3n) is 4.68. The van der Waals surface area contributed by atoms with E-state index in [9.17, 15) is 18.0 Å². The molecule has 0 radical (unpaired) electrons. The van der Waals surface area contributed by atoms with Crippen LogP contribution in [0, 0.1) is 0 Å². The molecular formula is C20H20F3N3O2. The van der Waals surface area contributed by atoms with E-state index in [0.29, 0.717) is 24.0 Å². The molecule has 5 nitrogen and oxygen atoms in total. The van der Waals surface area contributed by atoms with Gasteiger partial charge in [-0.2, -0.15) is 8.78 Å². The number of halogens is 3. The molecule has 0 bridgehead atoms. The Kier molecular flexibility index (Phi) is 5.58. The van der Waals surface area contributed by atoms with E-state index >= 15 is 0 Å². The van der Waals surface area contributed by atoms with Crippen molar-refractivity contribution in [3.05, 3.63) is 65.2 Å². The summed E-state index contributed by atoms with van der Waals surface area (Å²) in [5.41, 5.74) is 6.38. The first kappa shape index (κ1) is 19.7. The molecule has 0 aliphatic carbocycles. The fourth-order valence-electron chi connectivity index (χ4n) is 3.28. The summed E-state index contributed by atoms with van der Waals surface area (Å²) in [6.45, 7) is -3.38. The van der Waals surface area contributed by atoms with Crippen LogP contribution >= 0.6 is 0 Å². The van der Waals surface area contributed by atoms with E-state index in [0.717, 1.165) is 5.56 Å². The zero-order valence-electron chi connectivity index (χ0n) is 15.2. The second kappa shape index (κ2) is 7.92. The van der Waals surface area contributed by atoms with Crippen LogP contribution in [-0.2, 0) is 16.8 Å². The lowest BCUT2D eigenvalue weighted by Crippen LogP contribution is -2.41. The summed E-state index contributed by atoms with van der Waals surface area (Å²) in [5, 5.41) is 0. The van der Waals surface area contributed by atoms with Gasteiger partial charge in [0, 0.05) is 7.05 Å². The maximum atomic E-state index is 13.1. The molecule has 0 aromatic heterocycles. The average molecular weight is 391 g/mol. The summed E-state index contributed by atoms with van der Waals surface area (Å²) in [7, 11) is 1.52. The van der Waals surface area contributed by atoms with E-state index < -0.39 is 18.8 Å². The molecule has 1 heterocycles. The monoisotopic (exact) mass is 391 g/mol. The summed E-state index contributed by atoms with van der Waals surface area (Å²) in [4.78, 5) is 18.8. The Morgan fingerprint density at radius 3 is 2.46 bits per heavy atom. The zero-order valence-corrected chi connectivity index (χ0v) is 15.2. The highest BCUT2D eigenvalue weighted by Gasteiger charge is 2.49. The maximum Gasteiger partial charge on any atom is 0.387 e. The first-order valence-corrected chi connectivity index (χ1v) is 8.72. The number of rotatable bonds is 7. The molecule has 0 spiro atoms.